The third-order valence-electron chi connectivity index (χ3n) is 6.99. The van der Waals surface area contributed by atoms with Crippen molar-refractivity contribution < 1.29 is 4.74 Å². The second-order valence-electron chi connectivity index (χ2n) is 10.5. The molecule has 0 saturated heterocycles. The van der Waals surface area contributed by atoms with E-state index in [4.69, 9.17) is 10.5 Å². The van der Waals surface area contributed by atoms with Gasteiger partial charge in [-0.15, -0.1) is 0 Å². The number of nitrogens with two attached hydrogens (primary N) is 1. The van der Waals surface area contributed by atoms with Gasteiger partial charge in [-0.05, 0) is 65.1 Å². The minimum atomic E-state index is 0.0563. The molecule has 3 aromatic rings. The average molecular weight is 476 g/mol. The number of hydrogen-bond acceptors (Lipinski definition) is 4. The largest absolute Gasteiger partial charge is 0.476 e. The highest BCUT2D eigenvalue weighted by molar-refractivity contribution is 7.46. The Labute approximate surface area is 206 Å². The first kappa shape index (κ1) is 24.7. The molecule has 34 heavy (non-hydrogen) atoms. The summed E-state index contributed by atoms with van der Waals surface area (Å²) in [7, 11) is 0.708. The number of fused-ring (bicyclic) bond motifs is 1. The second-order valence-corrected chi connectivity index (χ2v) is 11.5. The highest BCUT2D eigenvalue weighted by Gasteiger charge is 2.30. The molecule has 1 aromatic heterocycles. The number of nitrogen functional groups attached to an aromatic ring is 1. The van der Waals surface area contributed by atoms with E-state index in [2.05, 4.69) is 87.6 Å². The third kappa shape index (κ3) is 5.14. The zero-order valence-corrected chi connectivity index (χ0v) is 22.4. The van der Waals surface area contributed by atoms with Crippen molar-refractivity contribution in [2.75, 3.05) is 25.6 Å². The summed E-state index contributed by atoms with van der Waals surface area (Å²) in [5, 5.41) is 1.26. The van der Waals surface area contributed by atoms with Crippen molar-refractivity contribution in [1.82, 2.24) is 9.88 Å². The van der Waals surface area contributed by atoms with E-state index in [1.54, 1.807) is 6.20 Å². The molecule has 4 nitrogen and oxygen atoms in total. The smallest absolute Gasteiger partial charge is 0.217 e. The maximum absolute atomic E-state index is 6.57. The van der Waals surface area contributed by atoms with Crippen molar-refractivity contribution >= 4 is 19.6 Å². The Morgan fingerprint density at radius 1 is 1.15 bits per heavy atom. The van der Waals surface area contributed by atoms with Crippen LogP contribution >= 0.6 is 8.58 Å². The number of anilines is 1. The SMILES string of the molecule is CPc1ccc(C(c2ccc(C)c(CN3CCOc4ncccc4C3)c2)C(C)(C)C)c(C)c1N. The standard InChI is InChI=1S/C29H38N3OP/c1-19-9-10-21(26(29(3,4)5)24-11-12-25(34-6)27(30)20(24)2)16-23(19)18-32-14-15-33-28-22(17-32)8-7-13-31-28/h7-13,16,26,34H,14-15,17-18,30H2,1-6H3. The monoisotopic (exact) mass is 475 g/mol. The van der Waals surface area contributed by atoms with Gasteiger partial charge in [0.15, 0.2) is 0 Å². The summed E-state index contributed by atoms with van der Waals surface area (Å²) in [5.41, 5.74) is 15.4. The van der Waals surface area contributed by atoms with Gasteiger partial charge in [0.25, 0.3) is 0 Å². The van der Waals surface area contributed by atoms with Crippen LogP contribution in [0.15, 0.2) is 48.7 Å². The maximum Gasteiger partial charge on any atom is 0.217 e. The van der Waals surface area contributed by atoms with Crippen LogP contribution in [0.1, 0.15) is 60.1 Å². The van der Waals surface area contributed by atoms with Crippen LogP contribution in [0.3, 0.4) is 0 Å². The highest BCUT2D eigenvalue weighted by atomic mass is 31.1. The minimum Gasteiger partial charge on any atom is -0.476 e. The van der Waals surface area contributed by atoms with Gasteiger partial charge >= 0.3 is 0 Å². The lowest BCUT2D eigenvalue weighted by Gasteiger charge is -2.34. The molecule has 0 aliphatic carbocycles. The number of ether oxygens (including phenoxy) is 1. The number of rotatable bonds is 5. The lowest BCUT2D eigenvalue weighted by molar-refractivity contribution is 0.217. The van der Waals surface area contributed by atoms with Gasteiger partial charge in [-0.3, -0.25) is 4.90 Å². The highest BCUT2D eigenvalue weighted by Crippen LogP contribution is 2.43. The fourth-order valence-corrected chi connectivity index (χ4v) is 5.81. The molecule has 0 amide bonds. The maximum atomic E-state index is 6.57. The Morgan fingerprint density at radius 3 is 2.68 bits per heavy atom. The van der Waals surface area contributed by atoms with E-state index in [0.29, 0.717) is 15.2 Å². The van der Waals surface area contributed by atoms with Crippen LogP contribution in [0, 0.1) is 19.3 Å². The van der Waals surface area contributed by atoms with E-state index in [0.717, 1.165) is 36.8 Å². The Bertz CT molecular complexity index is 1170. The number of aryl methyl sites for hydroxylation is 1. The average Bonchev–Trinajstić information content (AvgIpc) is 3.00. The van der Waals surface area contributed by atoms with Crippen LogP contribution in [0.2, 0.25) is 0 Å². The topological polar surface area (TPSA) is 51.4 Å². The molecule has 2 atom stereocenters. The van der Waals surface area contributed by atoms with Gasteiger partial charge in [-0.2, -0.15) is 0 Å². The summed E-state index contributed by atoms with van der Waals surface area (Å²) < 4.78 is 5.89. The predicted octanol–water partition coefficient (Wildman–Crippen LogP) is 5.79. The third-order valence-corrected chi connectivity index (χ3v) is 7.97. The van der Waals surface area contributed by atoms with Crippen molar-refractivity contribution in [2.45, 2.75) is 53.6 Å². The van der Waals surface area contributed by atoms with E-state index in [1.165, 1.54) is 33.1 Å². The zero-order chi connectivity index (χ0) is 24.5. The number of hydrogen-bond donors (Lipinski definition) is 1. The minimum absolute atomic E-state index is 0.0563. The molecule has 2 N–H and O–H groups in total. The summed E-state index contributed by atoms with van der Waals surface area (Å²) in [4.78, 5) is 6.87. The molecule has 2 unspecified atom stereocenters. The predicted molar refractivity (Wildman–Crippen MR) is 146 cm³/mol. The molecule has 180 valence electrons. The van der Waals surface area contributed by atoms with E-state index in [9.17, 15) is 0 Å². The summed E-state index contributed by atoms with van der Waals surface area (Å²) in [6.07, 6.45) is 1.80. The van der Waals surface area contributed by atoms with Gasteiger partial charge in [0.1, 0.15) is 6.61 Å². The summed E-state index contributed by atoms with van der Waals surface area (Å²) in [6, 6.07) is 15.7. The van der Waals surface area contributed by atoms with Crippen LogP contribution in [-0.2, 0) is 13.1 Å². The van der Waals surface area contributed by atoms with Gasteiger partial charge < -0.3 is 10.5 Å². The second kappa shape index (κ2) is 10.1. The van der Waals surface area contributed by atoms with Crippen LogP contribution in [-0.4, -0.2) is 29.7 Å². The fraction of sp³-hybridized carbons (Fsp3) is 0.414. The van der Waals surface area contributed by atoms with E-state index in [-0.39, 0.29) is 11.3 Å². The van der Waals surface area contributed by atoms with E-state index in [1.807, 2.05) is 6.07 Å². The molecule has 2 aromatic carbocycles. The van der Waals surface area contributed by atoms with E-state index < -0.39 is 0 Å². The molecule has 0 bridgehead atoms. The van der Waals surface area contributed by atoms with Crippen LogP contribution < -0.4 is 15.8 Å². The van der Waals surface area contributed by atoms with Gasteiger partial charge in [0, 0.05) is 43.0 Å². The molecular formula is C29H38N3OP. The van der Waals surface area contributed by atoms with Crippen LogP contribution in [0.25, 0.3) is 0 Å². The van der Waals surface area contributed by atoms with Crippen molar-refractivity contribution in [2.24, 2.45) is 5.41 Å². The van der Waals surface area contributed by atoms with Gasteiger partial charge in [0.2, 0.25) is 5.88 Å². The Kier molecular flexibility index (Phi) is 7.31. The molecule has 1 aliphatic rings. The summed E-state index contributed by atoms with van der Waals surface area (Å²) >= 11 is 0. The van der Waals surface area contributed by atoms with Crippen LogP contribution in [0.5, 0.6) is 5.88 Å². The number of nitrogens with zero attached hydrogens (tertiary/aromatic N) is 2. The summed E-state index contributed by atoms with van der Waals surface area (Å²) in [5.74, 6) is 1.04. The van der Waals surface area contributed by atoms with Gasteiger partial charge in [-0.1, -0.05) is 65.8 Å². The van der Waals surface area contributed by atoms with Crippen LogP contribution in [0.4, 0.5) is 5.69 Å². The molecular weight excluding hydrogens is 437 g/mol. The number of aromatic nitrogens is 1. The summed E-state index contributed by atoms with van der Waals surface area (Å²) in [6.45, 7) is 16.9. The fourth-order valence-electron chi connectivity index (χ4n) is 5.11. The van der Waals surface area contributed by atoms with Crippen molar-refractivity contribution in [1.29, 1.82) is 0 Å². The Hall–Kier alpha value is -2.42. The molecule has 0 radical (unpaired) electrons. The molecule has 0 saturated carbocycles. The van der Waals surface area contributed by atoms with Crippen molar-refractivity contribution in [3.8, 4) is 5.88 Å². The first-order chi connectivity index (χ1) is 16.2. The molecule has 5 heteroatoms. The van der Waals surface area contributed by atoms with Crippen molar-refractivity contribution in [3.05, 3.63) is 82.0 Å². The lowest BCUT2D eigenvalue weighted by atomic mass is 9.71. The van der Waals surface area contributed by atoms with Gasteiger partial charge in [0.05, 0.1) is 0 Å². The first-order valence-electron chi connectivity index (χ1n) is 12.1. The number of pyridine rings is 1. The molecule has 4 rings (SSSR count). The lowest BCUT2D eigenvalue weighted by Crippen LogP contribution is -2.26. The Balaban J connectivity index is 1.69. The molecule has 2 heterocycles. The molecule has 0 spiro atoms. The number of benzene rings is 2. The molecule has 1 aliphatic heterocycles. The van der Waals surface area contributed by atoms with Gasteiger partial charge in [-0.25, -0.2) is 4.98 Å². The van der Waals surface area contributed by atoms with Crippen molar-refractivity contribution in [3.63, 3.8) is 0 Å². The normalized spacial score (nSPS) is 15.7. The Morgan fingerprint density at radius 2 is 1.94 bits per heavy atom. The quantitative estimate of drug-likeness (QED) is 0.375. The first-order valence-corrected chi connectivity index (χ1v) is 13.6. The zero-order valence-electron chi connectivity index (χ0n) is 21.4. The molecule has 0 fully saturated rings. The van der Waals surface area contributed by atoms with E-state index >= 15 is 0 Å².